The van der Waals surface area contributed by atoms with Gasteiger partial charge in [-0.25, -0.2) is 4.90 Å². The molecule has 1 aromatic rings. The predicted octanol–water partition coefficient (Wildman–Crippen LogP) is 2.75. The number of halogens is 1. The van der Waals surface area contributed by atoms with Crippen molar-refractivity contribution in [2.45, 2.75) is 19.3 Å². The molecule has 5 heteroatoms. The molecule has 1 aliphatic carbocycles. The van der Waals surface area contributed by atoms with Crippen molar-refractivity contribution in [3.05, 3.63) is 22.7 Å². The maximum absolute atomic E-state index is 12.4. The van der Waals surface area contributed by atoms with E-state index in [-0.39, 0.29) is 23.7 Å². The number of carbonyl (C=O) groups excluding carboxylic acids is 2. The average Bonchev–Trinajstić information content (AvgIpc) is 2.86. The number of methoxy groups -OCH3 is 1. The summed E-state index contributed by atoms with van der Waals surface area (Å²) in [6.07, 6.45) is 2.37. The first-order chi connectivity index (χ1) is 9.11. The second kappa shape index (κ2) is 4.63. The summed E-state index contributed by atoms with van der Waals surface area (Å²) in [6, 6.07) is 5.32. The van der Waals surface area contributed by atoms with Crippen LogP contribution in [0.4, 0.5) is 5.69 Å². The second-order valence-corrected chi connectivity index (χ2v) is 5.89. The normalized spacial score (nSPS) is 25.9. The molecule has 2 fully saturated rings. The van der Waals surface area contributed by atoms with Gasteiger partial charge in [-0.3, -0.25) is 9.59 Å². The Morgan fingerprint density at radius 2 is 1.84 bits per heavy atom. The fourth-order valence-corrected chi connectivity index (χ4v) is 3.36. The van der Waals surface area contributed by atoms with E-state index in [1.807, 2.05) is 0 Å². The third-order valence-electron chi connectivity index (χ3n) is 3.97. The van der Waals surface area contributed by atoms with Crippen molar-refractivity contribution in [1.82, 2.24) is 0 Å². The number of benzene rings is 1. The minimum atomic E-state index is -0.0762. The van der Waals surface area contributed by atoms with Gasteiger partial charge < -0.3 is 4.74 Å². The van der Waals surface area contributed by atoms with E-state index in [9.17, 15) is 9.59 Å². The minimum Gasteiger partial charge on any atom is -0.497 e. The highest BCUT2D eigenvalue weighted by Crippen LogP contribution is 2.42. The van der Waals surface area contributed by atoms with Gasteiger partial charge in [-0.15, -0.1) is 0 Å². The molecule has 2 amide bonds. The van der Waals surface area contributed by atoms with Gasteiger partial charge in [0.2, 0.25) is 11.8 Å². The van der Waals surface area contributed by atoms with Crippen LogP contribution in [-0.4, -0.2) is 18.9 Å². The van der Waals surface area contributed by atoms with E-state index < -0.39 is 0 Å². The molecule has 2 aliphatic rings. The summed E-state index contributed by atoms with van der Waals surface area (Å²) in [7, 11) is 1.57. The van der Waals surface area contributed by atoms with Gasteiger partial charge in [0, 0.05) is 22.4 Å². The Kier molecular flexibility index (Phi) is 3.09. The van der Waals surface area contributed by atoms with E-state index in [1.165, 1.54) is 4.90 Å². The van der Waals surface area contributed by atoms with Crippen LogP contribution in [0.3, 0.4) is 0 Å². The molecule has 1 aromatic carbocycles. The zero-order valence-electron chi connectivity index (χ0n) is 10.6. The number of hydrogen-bond donors (Lipinski definition) is 0. The number of piperidine rings is 1. The molecule has 0 radical (unpaired) electrons. The molecular formula is C14H14BrNO3. The van der Waals surface area contributed by atoms with Crippen LogP contribution in [0, 0.1) is 11.8 Å². The van der Waals surface area contributed by atoms with Gasteiger partial charge in [0.1, 0.15) is 5.75 Å². The first-order valence-electron chi connectivity index (χ1n) is 6.33. The Morgan fingerprint density at radius 1 is 1.21 bits per heavy atom. The van der Waals surface area contributed by atoms with Crippen LogP contribution in [0.2, 0.25) is 0 Å². The largest absolute Gasteiger partial charge is 0.497 e. The summed E-state index contributed by atoms with van der Waals surface area (Å²) in [5.41, 5.74) is 0.589. The summed E-state index contributed by atoms with van der Waals surface area (Å²) >= 11 is 3.41. The third-order valence-corrected chi connectivity index (χ3v) is 4.64. The van der Waals surface area contributed by atoms with Gasteiger partial charge in [0.25, 0.3) is 0 Å². The van der Waals surface area contributed by atoms with E-state index in [0.717, 1.165) is 23.7 Å². The number of ether oxygens (including phenoxy) is 1. The monoisotopic (exact) mass is 323 g/mol. The Balaban J connectivity index is 2.05. The fraction of sp³-hybridized carbons (Fsp3) is 0.429. The van der Waals surface area contributed by atoms with Gasteiger partial charge in [-0.05, 0) is 47.3 Å². The molecule has 2 bridgehead atoms. The van der Waals surface area contributed by atoms with Crippen molar-refractivity contribution in [3.63, 3.8) is 0 Å². The Morgan fingerprint density at radius 3 is 2.42 bits per heavy atom. The molecule has 1 saturated heterocycles. The lowest BCUT2D eigenvalue weighted by Gasteiger charge is -2.30. The molecule has 1 saturated carbocycles. The highest BCUT2D eigenvalue weighted by molar-refractivity contribution is 9.10. The van der Waals surface area contributed by atoms with Crippen LogP contribution >= 0.6 is 15.9 Å². The lowest BCUT2D eigenvalue weighted by Crippen LogP contribution is -2.46. The van der Waals surface area contributed by atoms with Crippen molar-refractivity contribution in [2.75, 3.05) is 12.0 Å². The smallest absolute Gasteiger partial charge is 0.236 e. The van der Waals surface area contributed by atoms with Crippen molar-refractivity contribution in [1.29, 1.82) is 0 Å². The molecule has 4 nitrogen and oxygen atoms in total. The zero-order chi connectivity index (χ0) is 13.6. The van der Waals surface area contributed by atoms with Crippen molar-refractivity contribution in [2.24, 2.45) is 11.8 Å². The molecule has 0 spiro atoms. The maximum Gasteiger partial charge on any atom is 0.236 e. The first-order valence-corrected chi connectivity index (χ1v) is 7.12. The number of anilines is 1. The third kappa shape index (κ3) is 1.96. The van der Waals surface area contributed by atoms with Crippen molar-refractivity contribution < 1.29 is 14.3 Å². The molecular weight excluding hydrogens is 310 g/mol. The number of amides is 2. The summed E-state index contributed by atoms with van der Waals surface area (Å²) < 4.78 is 5.90. The molecule has 19 heavy (non-hydrogen) atoms. The second-order valence-electron chi connectivity index (χ2n) is 5.04. The highest BCUT2D eigenvalue weighted by Gasteiger charge is 2.46. The Bertz CT molecular complexity index is 536. The van der Waals surface area contributed by atoms with Crippen LogP contribution in [0.1, 0.15) is 19.3 Å². The lowest BCUT2D eigenvalue weighted by molar-refractivity contribution is -0.133. The number of fused-ring (bicyclic) bond motifs is 2. The van der Waals surface area contributed by atoms with Gasteiger partial charge >= 0.3 is 0 Å². The number of carbonyl (C=O) groups is 2. The molecule has 2 unspecified atom stereocenters. The van der Waals surface area contributed by atoms with E-state index in [4.69, 9.17) is 4.74 Å². The van der Waals surface area contributed by atoms with E-state index in [0.29, 0.717) is 11.4 Å². The van der Waals surface area contributed by atoms with Crippen LogP contribution in [0.15, 0.2) is 22.7 Å². The van der Waals surface area contributed by atoms with Gasteiger partial charge in [0.15, 0.2) is 0 Å². The highest BCUT2D eigenvalue weighted by atomic mass is 79.9. The summed E-state index contributed by atoms with van der Waals surface area (Å²) in [4.78, 5) is 26.1. The maximum atomic E-state index is 12.4. The van der Waals surface area contributed by atoms with Crippen LogP contribution < -0.4 is 9.64 Å². The number of nitrogens with zero attached hydrogens (tertiary/aromatic N) is 1. The fourth-order valence-electron chi connectivity index (χ4n) is 2.93. The summed E-state index contributed by atoms with van der Waals surface area (Å²) in [5, 5.41) is 0. The van der Waals surface area contributed by atoms with Crippen LogP contribution in [0.5, 0.6) is 5.75 Å². The molecule has 2 atom stereocenters. The molecule has 1 heterocycles. The number of rotatable bonds is 2. The van der Waals surface area contributed by atoms with Crippen LogP contribution in [0.25, 0.3) is 0 Å². The standard InChI is InChI=1S/C14H14BrNO3/c1-19-10-4-5-11(15)12(7-10)16-13(17)8-2-3-9(6-8)14(16)18/h4-5,7-9H,2-3,6H2,1H3. The molecule has 0 N–H and O–H groups in total. The molecule has 3 rings (SSSR count). The first kappa shape index (κ1) is 12.7. The topological polar surface area (TPSA) is 46.6 Å². The van der Waals surface area contributed by atoms with E-state index in [1.54, 1.807) is 25.3 Å². The molecule has 1 aliphatic heterocycles. The summed E-state index contributed by atoms with van der Waals surface area (Å²) in [5.74, 6) is 0.485. The zero-order valence-corrected chi connectivity index (χ0v) is 12.1. The van der Waals surface area contributed by atoms with Gasteiger partial charge in [0.05, 0.1) is 12.8 Å². The van der Waals surface area contributed by atoms with Crippen LogP contribution in [-0.2, 0) is 9.59 Å². The minimum absolute atomic E-state index is 0.000742. The molecule has 100 valence electrons. The quantitative estimate of drug-likeness (QED) is 0.786. The van der Waals surface area contributed by atoms with E-state index in [2.05, 4.69) is 15.9 Å². The number of imide groups is 1. The molecule has 0 aromatic heterocycles. The number of hydrogen-bond acceptors (Lipinski definition) is 3. The van der Waals surface area contributed by atoms with Crippen molar-refractivity contribution >= 4 is 33.4 Å². The van der Waals surface area contributed by atoms with E-state index >= 15 is 0 Å². The average molecular weight is 324 g/mol. The lowest BCUT2D eigenvalue weighted by atomic mass is 9.96. The van der Waals surface area contributed by atoms with Gasteiger partial charge in [-0.2, -0.15) is 0 Å². The Hall–Kier alpha value is -1.36. The Labute approximate surface area is 119 Å². The van der Waals surface area contributed by atoms with Gasteiger partial charge in [-0.1, -0.05) is 0 Å². The van der Waals surface area contributed by atoms with Crippen molar-refractivity contribution in [3.8, 4) is 5.75 Å². The SMILES string of the molecule is COc1ccc(Br)c(N2C(=O)C3CCC(C3)C2=O)c1. The predicted molar refractivity (Wildman–Crippen MR) is 74.0 cm³/mol. The summed E-state index contributed by atoms with van der Waals surface area (Å²) in [6.45, 7) is 0.